The van der Waals surface area contributed by atoms with E-state index < -0.39 is 22.5 Å². The van der Waals surface area contributed by atoms with Crippen LogP contribution in [0.15, 0.2) is 71.6 Å². The maximum atomic E-state index is 13.5. The first kappa shape index (κ1) is 26.7. The van der Waals surface area contributed by atoms with Crippen LogP contribution in [0, 0.1) is 0 Å². The third-order valence-electron chi connectivity index (χ3n) is 5.34. The van der Waals surface area contributed by atoms with E-state index in [0.29, 0.717) is 28.0 Å². The number of nitrogens with zero attached hydrogens (tertiary/aromatic N) is 1. The highest BCUT2D eigenvalue weighted by atomic mass is 35.5. The lowest BCUT2D eigenvalue weighted by Gasteiger charge is -2.26. The molecule has 186 valence electrons. The van der Waals surface area contributed by atoms with Gasteiger partial charge in [0.2, 0.25) is 5.91 Å². The average Bonchev–Trinajstić information content (AvgIpc) is 2.85. The molecule has 0 bridgehead atoms. The summed E-state index contributed by atoms with van der Waals surface area (Å²) in [5, 5.41) is 3.67. The summed E-state index contributed by atoms with van der Waals surface area (Å²) in [6.07, 6.45) is 0.572. The van der Waals surface area contributed by atoms with E-state index in [1.165, 1.54) is 37.4 Å². The van der Waals surface area contributed by atoms with Gasteiger partial charge in [0.25, 0.3) is 10.0 Å². The molecule has 1 atom stereocenters. The number of rotatable bonds is 10. The average molecular weight is 537 g/mol. The molecule has 3 aromatic rings. The zero-order valence-corrected chi connectivity index (χ0v) is 21.8. The highest BCUT2D eigenvalue weighted by molar-refractivity contribution is 7.92. The molecule has 1 amide bonds. The Balaban J connectivity index is 1.91. The van der Waals surface area contributed by atoms with Crippen LogP contribution in [0.1, 0.15) is 24.9 Å². The minimum Gasteiger partial charge on any atom is -0.493 e. The van der Waals surface area contributed by atoms with Crippen molar-refractivity contribution in [2.45, 2.75) is 24.3 Å². The minimum absolute atomic E-state index is 0.00149. The second-order valence-electron chi connectivity index (χ2n) is 7.59. The standard InChI is InChI=1S/C25H26Cl2N2O5S/c1-4-22(17-8-13-23(33-2)24(14-17)34-3)28-25(30)16-29(20-7-5-6-19(27)15-20)35(31,32)21-11-9-18(26)10-12-21/h5-15,22H,4,16H2,1-3H3,(H,28,30). The molecule has 0 aliphatic carbocycles. The Bertz CT molecular complexity index is 1280. The zero-order valence-electron chi connectivity index (χ0n) is 19.5. The molecule has 7 nitrogen and oxygen atoms in total. The van der Waals surface area contributed by atoms with Crippen molar-refractivity contribution in [3.05, 3.63) is 82.3 Å². The van der Waals surface area contributed by atoms with Crippen molar-refractivity contribution in [1.29, 1.82) is 0 Å². The van der Waals surface area contributed by atoms with Crippen LogP contribution in [-0.2, 0) is 14.8 Å². The first-order valence-electron chi connectivity index (χ1n) is 10.7. The van der Waals surface area contributed by atoms with Crippen molar-refractivity contribution < 1.29 is 22.7 Å². The van der Waals surface area contributed by atoms with Crippen molar-refractivity contribution in [2.75, 3.05) is 25.1 Å². The first-order chi connectivity index (χ1) is 16.7. The number of benzene rings is 3. The lowest BCUT2D eigenvalue weighted by atomic mass is 10.0. The SMILES string of the molecule is CCC(NC(=O)CN(c1cccc(Cl)c1)S(=O)(=O)c1ccc(Cl)cc1)c1ccc(OC)c(OC)c1. The van der Waals surface area contributed by atoms with Crippen LogP contribution >= 0.6 is 23.2 Å². The predicted molar refractivity (Wildman–Crippen MR) is 138 cm³/mol. The van der Waals surface area contributed by atoms with E-state index in [4.69, 9.17) is 32.7 Å². The number of anilines is 1. The van der Waals surface area contributed by atoms with Crippen molar-refractivity contribution in [3.63, 3.8) is 0 Å². The molecule has 0 saturated carbocycles. The van der Waals surface area contributed by atoms with Gasteiger partial charge in [0.15, 0.2) is 11.5 Å². The van der Waals surface area contributed by atoms with Gasteiger partial charge in [0.1, 0.15) is 6.54 Å². The van der Waals surface area contributed by atoms with Gasteiger partial charge < -0.3 is 14.8 Å². The second-order valence-corrected chi connectivity index (χ2v) is 10.3. The smallest absolute Gasteiger partial charge is 0.264 e. The lowest BCUT2D eigenvalue weighted by molar-refractivity contribution is -0.120. The summed E-state index contributed by atoms with van der Waals surface area (Å²) < 4.78 is 38.7. The molecule has 3 aromatic carbocycles. The molecule has 0 heterocycles. The summed E-state index contributed by atoms with van der Waals surface area (Å²) in [7, 11) is -1.01. The van der Waals surface area contributed by atoms with E-state index in [0.717, 1.165) is 9.87 Å². The molecule has 0 radical (unpaired) electrons. The molecule has 0 fully saturated rings. The monoisotopic (exact) mass is 536 g/mol. The molecule has 35 heavy (non-hydrogen) atoms. The molecular formula is C25H26Cl2N2O5S. The maximum Gasteiger partial charge on any atom is 0.264 e. The van der Waals surface area contributed by atoms with E-state index in [1.807, 2.05) is 13.0 Å². The molecule has 10 heteroatoms. The van der Waals surface area contributed by atoms with E-state index in [1.54, 1.807) is 37.4 Å². The van der Waals surface area contributed by atoms with Gasteiger partial charge in [-0.1, -0.05) is 42.3 Å². The van der Waals surface area contributed by atoms with Crippen LogP contribution in [-0.4, -0.2) is 35.1 Å². The molecule has 0 aromatic heterocycles. The van der Waals surface area contributed by atoms with Gasteiger partial charge in [0.05, 0.1) is 30.8 Å². The van der Waals surface area contributed by atoms with Gasteiger partial charge >= 0.3 is 0 Å². The van der Waals surface area contributed by atoms with Crippen molar-refractivity contribution in [1.82, 2.24) is 5.32 Å². The Morgan fingerprint density at radius 1 is 0.943 bits per heavy atom. The number of amides is 1. The number of carbonyl (C=O) groups is 1. The van der Waals surface area contributed by atoms with Gasteiger partial charge in [-0.2, -0.15) is 0 Å². The summed E-state index contributed by atoms with van der Waals surface area (Å²) in [5.74, 6) is 0.617. The Kier molecular flexibility index (Phi) is 8.88. The molecular weight excluding hydrogens is 511 g/mol. The zero-order chi connectivity index (χ0) is 25.6. The third-order valence-corrected chi connectivity index (χ3v) is 7.61. The van der Waals surface area contributed by atoms with Crippen LogP contribution in [0.5, 0.6) is 11.5 Å². The molecule has 1 unspecified atom stereocenters. The molecule has 0 aliphatic heterocycles. The summed E-state index contributed by atoms with van der Waals surface area (Å²) >= 11 is 12.0. The van der Waals surface area contributed by atoms with Crippen molar-refractivity contribution in [2.24, 2.45) is 0 Å². The van der Waals surface area contributed by atoms with E-state index in [2.05, 4.69) is 5.32 Å². The normalized spacial score (nSPS) is 12.0. The summed E-state index contributed by atoms with van der Waals surface area (Å²) in [6, 6.07) is 17.1. The van der Waals surface area contributed by atoms with Crippen LogP contribution in [0.3, 0.4) is 0 Å². The van der Waals surface area contributed by atoms with Gasteiger partial charge in [-0.05, 0) is 66.6 Å². The highest BCUT2D eigenvalue weighted by Gasteiger charge is 2.28. The Morgan fingerprint density at radius 3 is 2.23 bits per heavy atom. The van der Waals surface area contributed by atoms with Gasteiger partial charge in [-0.3, -0.25) is 9.10 Å². The number of ether oxygens (including phenoxy) is 2. The van der Waals surface area contributed by atoms with Gasteiger partial charge in [-0.15, -0.1) is 0 Å². The number of hydrogen-bond acceptors (Lipinski definition) is 5. The van der Waals surface area contributed by atoms with E-state index in [9.17, 15) is 13.2 Å². The number of nitrogens with one attached hydrogen (secondary N) is 1. The Morgan fingerprint density at radius 2 is 1.63 bits per heavy atom. The fraction of sp³-hybridized carbons (Fsp3) is 0.240. The van der Waals surface area contributed by atoms with Gasteiger partial charge in [-0.25, -0.2) is 8.42 Å². The highest BCUT2D eigenvalue weighted by Crippen LogP contribution is 2.31. The van der Waals surface area contributed by atoms with E-state index in [-0.39, 0.29) is 16.6 Å². The molecule has 0 spiro atoms. The largest absolute Gasteiger partial charge is 0.493 e. The fourth-order valence-electron chi connectivity index (χ4n) is 3.54. The topological polar surface area (TPSA) is 84.9 Å². The second kappa shape index (κ2) is 11.7. The Hall–Kier alpha value is -2.94. The number of methoxy groups -OCH3 is 2. The summed E-state index contributed by atoms with van der Waals surface area (Å²) in [5.41, 5.74) is 1.06. The summed E-state index contributed by atoms with van der Waals surface area (Å²) in [6.45, 7) is 1.47. The fourth-order valence-corrected chi connectivity index (χ4v) is 5.26. The predicted octanol–water partition coefficient (Wildman–Crippen LogP) is 5.47. The number of hydrogen-bond donors (Lipinski definition) is 1. The number of sulfonamides is 1. The molecule has 0 saturated heterocycles. The van der Waals surface area contributed by atoms with Crippen molar-refractivity contribution >= 4 is 44.8 Å². The van der Waals surface area contributed by atoms with Crippen LogP contribution in [0.4, 0.5) is 5.69 Å². The lowest BCUT2D eigenvalue weighted by Crippen LogP contribution is -2.42. The quantitative estimate of drug-likeness (QED) is 0.371. The van der Waals surface area contributed by atoms with E-state index >= 15 is 0 Å². The molecule has 1 N–H and O–H groups in total. The van der Waals surface area contributed by atoms with Crippen molar-refractivity contribution in [3.8, 4) is 11.5 Å². The number of carbonyl (C=O) groups excluding carboxylic acids is 1. The maximum absolute atomic E-state index is 13.5. The summed E-state index contributed by atoms with van der Waals surface area (Å²) in [4.78, 5) is 13.1. The molecule has 3 rings (SSSR count). The van der Waals surface area contributed by atoms with Crippen LogP contribution in [0.2, 0.25) is 10.0 Å². The molecule has 0 aliphatic rings. The number of halogens is 2. The van der Waals surface area contributed by atoms with Gasteiger partial charge in [0, 0.05) is 10.0 Å². The van der Waals surface area contributed by atoms with Crippen LogP contribution in [0.25, 0.3) is 0 Å². The van der Waals surface area contributed by atoms with Crippen LogP contribution < -0.4 is 19.1 Å². The first-order valence-corrected chi connectivity index (χ1v) is 12.9. The Labute approximate surface area is 215 Å². The minimum atomic E-state index is -4.09. The third kappa shape index (κ3) is 6.39.